The van der Waals surface area contributed by atoms with Crippen molar-refractivity contribution in [2.75, 3.05) is 6.61 Å². The maximum Gasteiger partial charge on any atom is 0.319 e. The van der Waals surface area contributed by atoms with Crippen molar-refractivity contribution >= 4 is 21.9 Å². The molecule has 2 nitrogen and oxygen atoms in total. The highest BCUT2D eigenvalue weighted by Crippen LogP contribution is 1.99. The first-order valence-corrected chi connectivity index (χ1v) is 4.02. The van der Waals surface area contributed by atoms with Gasteiger partial charge >= 0.3 is 5.97 Å². The maximum atomic E-state index is 10.7. The van der Waals surface area contributed by atoms with E-state index in [2.05, 4.69) is 15.9 Å². The smallest absolute Gasteiger partial charge is 0.319 e. The van der Waals surface area contributed by atoms with E-state index in [0.717, 1.165) is 0 Å². The molecule has 0 radical (unpaired) electrons. The molecule has 10 heavy (non-hydrogen) atoms. The van der Waals surface area contributed by atoms with E-state index in [1.807, 2.05) is 13.0 Å². The lowest BCUT2D eigenvalue weighted by Crippen LogP contribution is -2.13. The molecule has 1 atom stereocenters. The van der Waals surface area contributed by atoms with Gasteiger partial charge in [0.15, 0.2) is 0 Å². The van der Waals surface area contributed by atoms with Gasteiger partial charge in [-0.05, 0) is 13.8 Å². The summed E-state index contributed by atoms with van der Waals surface area (Å²) in [4.78, 5) is 10.5. The summed E-state index contributed by atoms with van der Waals surface area (Å²) < 4.78 is 4.77. The Morgan fingerprint density at radius 3 is 2.80 bits per heavy atom. The lowest BCUT2D eigenvalue weighted by Gasteiger charge is -2.01. The van der Waals surface area contributed by atoms with Crippen molar-refractivity contribution in [3.8, 4) is 0 Å². The fraction of sp³-hybridized carbons (Fsp3) is 0.571. The van der Waals surface area contributed by atoms with Gasteiger partial charge in [0.1, 0.15) is 11.4 Å². The summed E-state index contributed by atoms with van der Waals surface area (Å²) in [6.45, 7) is 3.98. The van der Waals surface area contributed by atoms with Crippen molar-refractivity contribution < 1.29 is 9.53 Å². The minimum atomic E-state index is -0.224. The third kappa shape index (κ3) is 4.56. The van der Waals surface area contributed by atoms with E-state index in [9.17, 15) is 4.79 Å². The van der Waals surface area contributed by atoms with E-state index in [4.69, 9.17) is 4.74 Å². The van der Waals surface area contributed by atoms with Gasteiger partial charge in [-0.1, -0.05) is 28.1 Å². The molecule has 0 heterocycles. The fourth-order valence-electron chi connectivity index (χ4n) is 0.341. The van der Waals surface area contributed by atoms with Crippen molar-refractivity contribution in [2.45, 2.75) is 18.7 Å². The fourth-order valence-corrected chi connectivity index (χ4v) is 0.473. The van der Waals surface area contributed by atoms with E-state index in [-0.39, 0.29) is 10.8 Å². The molecule has 0 aliphatic carbocycles. The normalized spacial score (nSPS) is 13.5. The predicted octanol–water partition coefficient (Wildman–Crippen LogP) is 1.89. The number of hydrogen-bond acceptors (Lipinski definition) is 2. The molecule has 0 aromatic carbocycles. The zero-order valence-electron chi connectivity index (χ0n) is 6.13. The summed E-state index contributed by atoms with van der Waals surface area (Å²) in [6, 6.07) is 0. The molecule has 0 bridgehead atoms. The van der Waals surface area contributed by atoms with E-state index in [1.165, 1.54) is 0 Å². The largest absolute Gasteiger partial charge is 0.461 e. The molecule has 0 spiro atoms. The number of ether oxygens (including phenoxy) is 1. The molecular weight excluding hydrogens is 196 g/mol. The molecule has 0 aromatic rings. The van der Waals surface area contributed by atoms with Crippen molar-refractivity contribution in [1.82, 2.24) is 0 Å². The highest BCUT2D eigenvalue weighted by atomic mass is 79.9. The highest BCUT2D eigenvalue weighted by Gasteiger charge is 2.07. The molecule has 0 aliphatic rings. The Balaban J connectivity index is 3.40. The first-order valence-electron chi connectivity index (χ1n) is 3.10. The van der Waals surface area contributed by atoms with Crippen LogP contribution in [0.25, 0.3) is 0 Å². The number of allylic oxidation sites excluding steroid dienone is 1. The summed E-state index contributed by atoms with van der Waals surface area (Å²) in [6.07, 6.45) is 3.62. The van der Waals surface area contributed by atoms with Gasteiger partial charge in [0, 0.05) is 0 Å². The lowest BCUT2D eigenvalue weighted by atomic mass is 10.5. The second-order valence-corrected chi connectivity index (χ2v) is 3.19. The summed E-state index contributed by atoms with van der Waals surface area (Å²) >= 11 is 3.09. The van der Waals surface area contributed by atoms with Crippen LogP contribution >= 0.6 is 15.9 Å². The molecular formula is C7H11BrO2. The molecule has 0 saturated heterocycles. The summed E-state index contributed by atoms with van der Waals surface area (Å²) in [5.74, 6) is -0.224. The minimum Gasteiger partial charge on any atom is -0.461 e. The molecule has 0 fully saturated rings. The van der Waals surface area contributed by atoms with Gasteiger partial charge in [0.05, 0.1) is 0 Å². The topological polar surface area (TPSA) is 26.3 Å². The van der Waals surface area contributed by atoms with Crippen LogP contribution in [-0.4, -0.2) is 17.4 Å². The van der Waals surface area contributed by atoms with Gasteiger partial charge in [0.2, 0.25) is 0 Å². The van der Waals surface area contributed by atoms with Crippen LogP contribution in [0.1, 0.15) is 13.8 Å². The molecule has 0 unspecified atom stereocenters. The molecule has 0 amide bonds. The Labute approximate surface area is 69.4 Å². The number of halogens is 1. The van der Waals surface area contributed by atoms with E-state index < -0.39 is 0 Å². The number of carbonyl (C=O) groups is 1. The minimum absolute atomic E-state index is 0.210. The van der Waals surface area contributed by atoms with Crippen molar-refractivity contribution in [3.05, 3.63) is 12.2 Å². The quantitative estimate of drug-likeness (QED) is 0.401. The zero-order valence-corrected chi connectivity index (χ0v) is 7.72. The van der Waals surface area contributed by atoms with Crippen LogP contribution < -0.4 is 0 Å². The number of hydrogen-bond donors (Lipinski definition) is 0. The molecule has 3 heteroatoms. The second kappa shape index (κ2) is 5.47. The van der Waals surface area contributed by atoms with Crippen LogP contribution in [0.15, 0.2) is 12.2 Å². The number of alkyl halides is 1. The van der Waals surface area contributed by atoms with E-state index in [1.54, 1.807) is 13.0 Å². The van der Waals surface area contributed by atoms with Crippen LogP contribution in [0.4, 0.5) is 0 Å². The molecule has 0 rings (SSSR count). The molecule has 58 valence electrons. The first kappa shape index (κ1) is 9.69. The molecule has 0 aromatic heterocycles. The Bertz CT molecular complexity index is 130. The monoisotopic (exact) mass is 206 g/mol. The average Bonchev–Trinajstić information content (AvgIpc) is 1.88. The Morgan fingerprint density at radius 2 is 2.40 bits per heavy atom. The molecule has 0 saturated carbocycles. The standard InChI is InChI=1S/C7H11BrO2/c1-3-4-5-10-7(9)6(2)8/h3-4,6H,5H2,1-2H3/b4-3+/t6-/m0/s1. The van der Waals surface area contributed by atoms with Crippen LogP contribution in [0.5, 0.6) is 0 Å². The number of rotatable bonds is 3. The van der Waals surface area contributed by atoms with Crippen LogP contribution in [0.3, 0.4) is 0 Å². The highest BCUT2D eigenvalue weighted by molar-refractivity contribution is 9.10. The van der Waals surface area contributed by atoms with Crippen LogP contribution in [0, 0.1) is 0 Å². The lowest BCUT2D eigenvalue weighted by molar-refractivity contribution is -0.141. The average molecular weight is 207 g/mol. The Kier molecular flexibility index (Phi) is 5.30. The third-order valence-electron chi connectivity index (χ3n) is 0.882. The van der Waals surface area contributed by atoms with Gasteiger partial charge in [0.25, 0.3) is 0 Å². The van der Waals surface area contributed by atoms with Gasteiger partial charge < -0.3 is 4.74 Å². The summed E-state index contributed by atoms with van der Waals surface area (Å²) in [5, 5.41) is 0. The van der Waals surface area contributed by atoms with Gasteiger partial charge in [-0.2, -0.15) is 0 Å². The number of carbonyl (C=O) groups excluding carboxylic acids is 1. The predicted molar refractivity (Wildman–Crippen MR) is 44.2 cm³/mol. The van der Waals surface area contributed by atoms with Crippen molar-refractivity contribution in [2.24, 2.45) is 0 Å². The summed E-state index contributed by atoms with van der Waals surface area (Å²) in [5.41, 5.74) is 0. The van der Waals surface area contributed by atoms with E-state index >= 15 is 0 Å². The Morgan fingerprint density at radius 1 is 1.80 bits per heavy atom. The maximum absolute atomic E-state index is 10.7. The van der Waals surface area contributed by atoms with Gasteiger partial charge in [-0.3, -0.25) is 4.79 Å². The third-order valence-corrected chi connectivity index (χ3v) is 1.26. The molecule has 0 N–H and O–H groups in total. The summed E-state index contributed by atoms with van der Waals surface area (Å²) in [7, 11) is 0. The number of esters is 1. The zero-order chi connectivity index (χ0) is 7.98. The van der Waals surface area contributed by atoms with Crippen LogP contribution in [0.2, 0.25) is 0 Å². The van der Waals surface area contributed by atoms with Crippen molar-refractivity contribution in [1.29, 1.82) is 0 Å². The first-order chi connectivity index (χ1) is 4.68. The molecule has 0 aliphatic heterocycles. The van der Waals surface area contributed by atoms with Gasteiger partial charge in [-0.15, -0.1) is 0 Å². The SMILES string of the molecule is C/C=C/COC(=O)[C@H](C)Br. The van der Waals surface area contributed by atoms with Crippen LogP contribution in [-0.2, 0) is 9.53 Å². The van der Waals surface area contributed by atoms with Crippen molar-refractivity contribution in [3.63, 3.8) is 0 Å². The second-order valence-electron chi connectivity index (χ2n) is 1.82. The Hall–Kier alpha value is -0.310. The van der Waals surface area contributed by atoms with Gasteiger partial charge in [-0.25, -0.2) is 0 Å². The van der Waals surface area contributed by atoms with E-state index in [0.29, 0.717) is 6.61 Å².